The minimum atomic E-state index is -0.105. The lowest BCUT2D eigenvalue weighted by molar-refractivity contribution is 0.581. The normalized spacial score (nSPS) is 12.4. The van der Waals surface area contributed by atoms with Crippen molar-refractivity contribution in [3.63, 3.8) is 0 Å². The smallest absolute Gasteiger partial charge is 0.125 e. The van der Waals surface area contributed by atoms with Gasteiger partial charge in [-0.25, -0.2) is 4.99 Å². The molecule has 2 nitrogen and oxygen atoms in total. The van der Waals surface area contributed by atoms with Gasteiger partial charge in [0.1, 0.15) is 5.84 Å². The Bertz CT molecular complexity index is 128. The Labute approximate surface area is 56.5 Å². The van der Waals surface area contributed by atoms with Gasteiger partial charge in [0.15, 0.2) is 0 Å². The summed E-state index contributed by atoms with van der Waals surface area (Å²) >= 11 is 0. The average molecular weight is 126 g/mol. The maximum Gasteiger partial charge on any atom is 0.125 e. The van der Waals surface area contributed by atoms with Crippen LogP contribution in [0.25, 0.3) is 0 Å². The van der Waals surface area contributed by atoms with E-state index in [1.165, 1.54) is 0 Å². The highest BCUT2D eigenvalue weighted by atomic mass is 14.8. The molecule has 0 aliphatic rings. The van der Waals surface area contributed by atoms with Crippen molar-refractivity contribution in [3.8, 4) is 0 Å². The third kappa shape index (κ3) is 3.01. The van der Waals surface area contributed by atoms with Crippen molar-refractivity contribution in [1.29, 1.82) is 5.41 Å². The third-order valence-corrected chi connectivity index (χ3v) is 0.969. The van der Waals surface area contributed by atoms with E-state index >= 15 is 0 Å². The first-order chi connectivity index (χ1) is 3.98. The summed E-state index contributed by atoms with van der Waals surface area (Å²) in [5.41, 5.74) is -0.105. The summed E-state index contributed by atoms with van der Waals surface area (Å²) in [4.78, 5) is 3.85. The van der Waals surface area contributed by atoms with Gasteiger partial charge in [0, 0.05) is 11.6 Å². The molecule has 0 radical (unpaired) electrons. The quantitative estimate of drug-likeness (QED) is 0.381. The van der Waals surface area contributed by atoms with Crippen LogP contribution in [-0.2, 0) is 0 Å². The first kappa shape index (κ1) is 8.34. The van der Waals surface area contributed by atoms with E-state index in [0.29, 0.717) is 5.84 Å². The fourth-order valence-corrected chi connectivity index (χ4v) is 0.323. The Morgan fingerprint density at radius 1 is 1.44 bits per heavy atom. The van der Waals surface area contributed by atoms with E-state index < -0.39 is 0 Å². The lowest BCUT2D eigenvalue weighted by atomic mass is 9.95. The van der Waals surface area contributed by atoms with Crippen LogP contribution in [0.15, 0.2) is 4.99 Å². The summed E-state index contributed by atoms with van der Waals surface area (Å²) < 4.78 is 0. The van der Waals surface area contributed by atoms with E-state index in [4.69, 9.17) is 5.41 Å². The highest BCUT2D eigenvalue weighted by Gasteiger charge is 2.14. The fourth-order valence-electron chi connectivity index (χ4n) is 0.323. The molecule has 0 spiro atoms. The number of aliphatic imine (C=N–C) groups is 1. The fraction of sp³-hybridized carbons (Fsp3) is 0.714. The van der Waals surface area contributed by atoms with Gasteiger partial charge in [-0.15, -0.1) is 0 Å². The van der Waals surface area contributed by atoms with E-state index in [0.717, 1.165) is 0 Å². The van der Waals surface area contributed by atoms with Crippen LogP contribution < -0.4 is 0 Å². The zero-order chi connectivity index (χ0) is 7.49. The first-order valence-corrected chi connectivity index (χ1v) is 3.06. The molecule has 0 saturated heterocycles. The first-order valence-electron chi connectivity index (χ1n) is 3.06. The summed E-state index contributed by atoms with van der Waals surface area (Å²) in [6.07, 6.45) is 1.65. The highest BCUT2D eigenvalue weighted by Crippen LogP contribution is 2.14. The zero-order valence-corrected chi connectivity index (χ0v) is 6.52. The maximum absolute atomic E-state index is 7.34. The second-order valence-electron chi connectivity index (χ2n) is 2.99. The second-order valence-corrected chi connectivity index (χ2v) is 2.99. The number of rotatable bonds is 0. The third-order valence-electron chi connectivity index (χ3n) is 0.969. The molecule has 0 unspecified atom stereocenters. The molecule has 0 saturated carbocycles. The average Bonchev–Trinajstić information content (AvgIpc) is 1.64. The molecule has 0 aliphatic carbocycles. The minimum absolute atomic E-state index is 0.105. The molecule has 52 valence electrons. The molecule has 0 atom stereocenters. The standard InChI is InChI=1S/C7H14N2/c1-5-9-6(8)7(2,3)4/h5,8H,1-4H3/b8-6?,9-5-. The topological polar surface area (TPSA) is 36.2 Å². The van der Waals surface area contributed by atoms with Crippen LogP contribution in [0.5, 0.6) is 0 Å². The van der Waals surface area contributed by atoms with Crippen molar-refractivity contribution in [2.24, 2.45) is 10.4 Å². The summed E-state index contributed by atoms with van der Waals surface area (Å²) in [7, 11) is 0. The molecule has 0 heterocycles. The summed E-state index contributed by atoms with van der Waals surface area (Å²) in [6, 6.07) is 0. The van der Waals surface area contributed by atoms with E-state index in [1.54, 1.807) is 6.21 Å². The molecule has 0 aliphatic heterocycles. The van der Waals surface area contributed by atoms with Crippen molar-refractivity contribution >= 4 is 12.1 Å². The van der Waals surface area contributed by atoms with Crippen molar-refractivity contribution in [3.05, 3.63) is 0 Å². The molecule has 0 aromatic heterocycles. The van der Waals surface area contributed by atoms with Crippen molar-refractivity contribution in [2.75, 3.05) is 0 Å². The van der Waals surface area contributed by atoms with Gasteiger partial charge >= 0.3 is 0 Å². The molecule has 0 aromatic rings. The van der Waals surface area contributed by atoms with Crippen LogP contribution in [0.2, 0.25) is 0 Å². The second kappa shape index (κ2) is 2.76. The molecule has 0 rings (SSSR count). The zero-order valence-electron chi connectivity index (χ0n) is 6.52. The minimum Gasteiger partial charge on any atom is -0.286 e. The van der Waals surface area contributed by atoms with E-state index in [2.05, 4.69) is 4.99 Å². The van der Waals surface area contributed by atoms with Crippen LogP contribution >= 0.6 is 0 Å². The summed E-state index contributed by atoms with van der Waals surface area (Å²) in [5.74, 6) is 0.435. The van der Waals surface area contributed by atoms with Gasteiger partial charge in [-0.3, -0.25) is 5.41 Å². The number of hydrogen-bond acceptors (Lipinski definition) is 1. The van der Waals surface area contributed by atoms with Gasteiger partial charge in [-0.1, -0.05) is 20.8 Å². The maximum atomic E-state index is 7.34. The number of amidine groups is 1. The Morgan fingerprint density at radius 3 is 2.00 bits per heavy atom. The van der Waals surface area contributed by atoms with Gasteiger partial charge in [-0.05, 0) is 6.92 Å². The van der Waals surface area contributed by atoms with E-state index in [-0.39, 0.29) is 5.41 Å². The molecule has 0 amide bonds. The van der Waals surface area contributed by atoms with Crippen LogP contribution in [0.1, 0.15) is 27.7 Å². The van der Waals surface area contributed by atoms with Gasteiger partial charge in [0.25, 0.3) is 0 Å². The largest absolute Gasteiger partial charge is 0.286 e. The molecule has 1 N–H and O–H groups in total. The molecular weight excluding hydrogens is 112 g/mol. The molecule has 0 bridgehead atoms. The molecular formula is C7H14N2. The Balaban J connectivity index is 4.06. The van der Waals surface area contributed by atoms with Crippen LogP contribution in [0.4, 0.5) is 0 Å². The Hall–Kier alpha value is -0.660. The molecule has 9 heavy (non-hydrogen) atoms. The predicted molar refractivity (Wildman–Crippen MR) is 41.3 cm³/mol. The SMILES string of the molecule is C/C=N\C(=N)C(C)(C)C. The van der Waals surface area contributed by atoms with Gasteiger partial charge in [-0.2, -0.15) is 0 Å². The molecule has 2 heteroatoms. The van der Waals surface area contributed by atoms with Crippen molar-refractivity contribution in [1.82, 2.24) is 0 Å². The Kier molecular flexibility index (Phi) is 2.56. The van der Waals surface area contributed by atoms with Crippen LogP contribution in [0, 0.1) is 10.8 Å². The number of nitrogens with one attached hydrogen (secondary N) is 1. The lowest BCUT2D eigenvalue weighted by Gasteiger charge is -2.14. The van der Waals surface area contributed by atoms with Gasteiger partial charge < -0.3 is 0 Å². The summed E-state index contributed by atoms with van der Waals surface area (Å²) in [6.45, 7) is 7.74. The molecule has 0 fully saturated rings. The number of nitrogens with zero attached hydrogens (tertiary/aromatic N) is 1. The van der Waals surface area contributed by atoms with Crippen molar-refractivity contribution in [2.45, 2.75) is 27.7 Å². The van der Waals surface area contributed by atoms with Gasteiger partial charge in [0.05, 0.1) is 0 Å². The highest BCUT2D eigenvalue weighted by molar-refractivity contribution is 5.90. The van der Waals surface area contributed by atoms with E-state index in [9.17, 15) is 0 Å². The lowest BCUT2D eigenvalue weighted by Crippen LogP contribution is -2.16. The Morgan fingerprint density at radius 2 is 1.89 bits per heavy atom. The van der Waals surface area contributed by atoms with Crippen molar-refractivity contribution < 1.29 is 0 Å². The predicted octanol–water partition coefficient (Wildman–Crippen LogP) is 2.10. The monoisotopic (exact) mass is 126 g/mol. The van der Waals surface area contributed by atoms with Gasteiger partial charge in [0.2, 0.25) is 0 Å². The number of hydrogen-bond donors (Lipinski definition) is 1. The van der Waals surface area contributed by atoms with Crippen LogP contribution in [-0.4, -0.2) is 12.1 Å². The molecule has 0 aromatic carbocycles. The van der Waals surface area contributed by atoms with Crippen LogP contribution in [0.3, 0.4) is 0 Å². The van der Waals surface area contributed by atoms with E-state index in [1.807, 2.05) is 27.7 Å². The summed E-state index contributed by atoms with van der Waals surface area (Å²) in [5, 5.41) is 7.34.